The second-order valence-corrected chi connectivity index (χ2v) is 5.48. The van der Waals surface area contributed by atoms with Crippen LogP contribution in [0.1, 0.15) is 26.5 Å². The summed E-state index contributed by atoms with van der Waals surface area (Å²) in [6.07, 6.45) is -4.35. The Morgan fingerprint density at radius 1 is 1.33 bits per heavy atom. The van der Waals surface area contributed by atoms with Gasteiger partial charge < -0.3 is 10.4 Å². The number of aromatic carboxylic acids is 1. The highest BCUT2D eigenvalue weighted by molar-refractivity contribution is 7.15. The van der Waals surface area contributed by atoms with Gasteiger partial charge in [-0.05, 0) is 24.6 Å². The van der Waals surface area contributed by atoms with Crippen LogP contribution in [0, 0.1) is 6.92 Å². The molecule has 2 rings (SSSR count). The summed E-state index contributed by atoms with van der Waals surface area (Å²) in [5, 5.41) is 12.2. The molecular formula is C13H11F3N2O2S. The number of alkyl halides is 3. The quantitative estimate of drug-likeness (QED) is 0.901. The average molecular weight is 316 g/mol. The molecule has 0 aliphatic heterocycles. The van der Waals surface area contributed by atoms with E-state index in [1.807, 2.05) is 0 Å². The Labute approximate surface area is 122 Å². The largest absolute Gasteiger partial charge is 0.476 e. The molecule has 4 nitrogen and oxygen atoms in total. The third-order valence-electron chi connectivity index (χ3n) is 2.72. The number of aromatic nitrogens is 1. The zero-order chi connectivity index (χ0) is 15.6. The van der Waals surface area contributed by atoms with E-state index in [0.29, 0.717) is 15.6 Å². The molecule has 8 heteroatoms. The highest BCUT2D eigenvalue weighted by Gasteiger charge is 2.29. The fraction of sp³-hybridized carbons (Fsp3) is 0.231. The molecule has 0 radical (unpaired) electrons. The van der Waals surface area contributed by atoms with Crippen LogP contribution in [0.15, 0.2) is 24.3 Å². The van der Waals surface area contributed by atoms with E-state index in [2.05, 4.69) is 10.3 Å². The van der Waals surface area contributed by atoms with Crippen LogP contribution in [0.2, 0.25) is 0 Å². The molecule has 21 heavy (non-hydrogen) atoms. The molecule has 1 aromatic heterocycles. The van der Waals surface area contributed by atoms with Gasteiger partial charge in [0.1, 0.15) is 0 Å². The van der Waals surface area contributed by atoms with E-state index in [1.165, 1.54) is 23.5 Å². The van der Waals surface area contributed by atoms with Gasteiger partial charge in [-0.15, -0.1) is 11.3 Å². The number of anilines is 1. The lowest BCUT2D eigenvalue weighted by Crippen LogP contribution is -2.05. The molecule has 1 aromatic carbocycles. The number of carboxylic acid groups (broad SMARTS) is 1. The summed E-state index contributed by atoms with van der Waals surface area (Å²) in [5.41, 5.74) is -0.0767. The van der Waals surface area contributed by atoms with E-state index >= 15 is 0 Å². The Hall–Kier alpha value is -2.09. The minimum atomic E-state index is -4.35. The van der Waals surface area contributed by atoms with E-state index in [1.54, 1.807) is 6.92 Å². The van der Waals surface area contributed by atoms with Gasteiger partial charge in [-0.2, -0.15) is 13.2 Å². The van der Waals surface area contributed by atoms with Crippen molar-refractivity contribution in [2.45, 2.75) is 19.6 Å². The number of halogens is 3. The van der Waals surface area contributed by atoms with Crippen molar-refractivity contribution in [3.8, 4) is 0 Å². The second kappa shape index (κ2) is 5.72. The average Bonchev–Trinajstić information content (AvgIpc) is 2.77. The molecule has 0 aliphatic rings. The Balaban J connectivity index is 2.03. The van der Waals surface area contributed by atoms with Crippen molar-refractivity contribution in [1.29, 1.82) is 0 Å². The maximum Gasteiger partial charge on any atom is 0.416 e. The molecule has 0 fully saturated rings. The number of aryl methyl sites for hydroxylation is 1. The lowest BCUT2D eigenvalue weighted by atomic mass is 10.1. The lowest BCUT2D eigenvalue weighted by Gasteiger charge is -2.08. The summed E-state index contributed by atoms with van der Waals surface area (Å²) < 4.78 is 37.2. The molecule has 112 valence electrons. The van der Waals surface area contributed by atoms with Crippen LogP contribution >= 0.6 is 11.3 Å². The molecule has 0 aliphatic carbocycles. The van der Waals surface area contributed by atoms with Gasteiger partial charge in [0, 0.05) is 11.4 Å². The zero-order valence-electron chi connectivity index (χ0n) is 10.9. The maximum absolute atomic E-state index is 12.4. The van der Waals surface area contributed by atoms with Crippen LogP contribution < -0.4 is 5.32 Å². The van der Waals surface area contributed by atoms with Crippen LogP contribution in [-0.2, 0) is 12.7 Å². The van der Waals surface area contributed by atoms with Gasteiger partial charge in [-0.1, -0.05) is 12.1 Å². The first-order chi connectivity index (χ1) is 9.77. The Kier molecular flexibility index (Phi) is 4.17. The predicted molar refractivity (Wildman–Crippen MR) is 72.6 cm³/mol. The first-order valence-corrected chi connectivity index (χ1v) is 6.70. The molecule has 0 saturated carbocycles. The van der Waals surface area contributed by atoms with Crippen molar-refractivity contribution >= 4 is 22.4 Å². The van der Waals surface area contributed by atoms with Crippen molar-refractivity contribution in [1.82, 2.24) is 4.98 Å². The number of hydrogen-bond acceptors (Lipinski definition) is 4. The van der Waals surface area contributed by atoms with Gasteiger partial charge in [0.05, 0.1) is 5.56 Å². The van der Waals surface area contributed by atoms with E-state index in [-0.39, 0.29) is 12.2 Å². The third kappa shape index (κ3) is 3.72. The molecule has 1 heterocycles. The molecular weight excluding hydrogens is 305 g/mol. The normalized spacial score (nSPS) is 11.4. The number of nitrogens with zero attached hydrogens (tertiary/aromatic N) is 1. The fourth-order valence-electron chi connectivity index (χ4n) is 1.66. The van der Waals surface area contributed by atoms with Gasteiger partial charge in [0.15, 0.2) is 10.8 Å². The summed E-state index contributed by atoms with van der Waals surface area (Å²) in [5.74, 6) is -1.11. The zero-order valence-corrected chi connectivity index (χ0v) is 11.7. The third-order valence-corrected chi connectivity index (χ3v) is 3.65. The SMILES string of the molecule is Cc1sc(NCc2ccc(C(F)(F)F)cc2)nc1C(=O)O. The number of benzene rings is 1. The van der Waals surface area contributed by atoms with Crippen LogP contribution in [0.4, 0.5) is 18.3 Å². The monoisotopic (exact) mass is 316 g/mol. The molecule has 2 aromatic rings. The van der Waals surface area contributed by atoms with Crippen LogP contribution in [0.25, 0.3) is 0 Å². The summed E-state index contributed by atoms with van der Waals surface area (Å²) in [4.78, 5) is 15.3. The number of hydrogen-bond donors (Lipinski definition) is 2. The van der Waals surface area contributed by atoms with Crippen LogP contribution in [0.3, 0.4) is 0 Å². The van der Waals surface area contributed by atoms with Gasteiger partial charge in [0.2, 0.25) is 0 Å². The minimum absolute atomic E-state index is 0.0186. The van der Waals surface area contributed by atoms with E-state index in [4.69, 9.17) is 5.11 Å². The molecule has 0 unspecified atom stereocenters. The number of thiazole rings is 1. The van der Waals surface area contributed by atoms with E-state index in [9.17, 15) is 18.0 Å². The maximum atomic E-state index is 12.4. The lowest BCUT2D eigenvalue weighted by molar-refractivity contribution is -0.137. The molecule has 0 saturated heterocycles. The Bertz CT molecular complexity index is 650. The van der Waals surface area contributed by atoms with Crippen LogP contribution in [-0.4, -0.2) is 16.1 Å². The minimum Gasteiger partial charge on any atom is -0.476 e. The van der Waals surface area contributed by atoms with Crippen molar-refractivity contribution in [3.63, 3.8) is 0 Å². The smallest absolute Gasteiger partial charge is 0.416 e. The summed E-state index contributed by atoms with van der Waals surface area (Å²) in [7, 11) is 0. The van der Waals surface area contributed by atoms with Gasteiger partial charge in [-0.3, -0.25) is 0 Å². The number of rotatable bonds is 4. The van der Waals surface area contributed by atoms with Crippen molar-refractivity contribution in [3.05, 3.63) is 46.0 Å². The highest BCUT2D eigenvalue weighted by Crippen LogP contribution is 2.29. The fourth-order valence-corrected chi connectivity index (χ4v) is 2.46. The molecule has 0 spiro atoms. The molecule has 0 bridgehead atoms. The van der Waals surface area contributed by atoms with Crippen LogP contribution in [0.5, 0.6) is 0 Å². The number of carbonyl (C=O) groups is 1. The molecule has 2 N–H and O–H groups in total. The standard InChI is InChI=1S/C13H11F3N2O2S/c1-7-10(11(19)20)18-12(21-7)17-6-8-2-4-9(5-3-8)13(14,15)16/h2-5H,6H2,1H3,(H,17,18)(H,19,20). The Morgan fingerprint density at radius 2 is 1.95 bits per heavy atom. The highest BCUT2D eigenvalue weighted by atomic mass is 32.1. The summed E-state index contributed by atoms with van der Waals surface area (Å²) in [6, 6.07) is 4.75. The Morgan fingerprint density at radius 3 is 2.43 bits per heavy atom. The van der Waals surface area contributed by atoms with Gasteiger partial charge >= 0.3 is 12.1 Å². The van der Waals surface area contributed by atoms with E-state index < -0.39 is 17.7 Å². The molecule has 0 atom stereocenters. The topological polar surface area (TPSA) is 62.2 Å². The van der Waals surface area contributed by atoms with Gasteiger partial charge in [0.25, 0.3) is 0 Å². The van der Waals surface area contributed by atoms with Crippen molar-refractivity contribution in [2.24, 2.45) is 0 Å². The molecule has 0 amide bonds. The first kappa shape index (κ1) is 15.3. The van der Waals surface area contributed by atoms with E-state index in [0.717, 1.165) is 12.1 Å². The first-order valence-electron chi connectivity index (χ1n) is 5.88. The van der Waals surface area contributed by atoms with Crippen molar-refractivity contribution in [2.75, 3.05) is 5.32 Å². The summed E-state index contributed by atoms with van der Waals surface area (Å²) in [6.45, 7) is 1.91. The summed E-state index contributed by atoms with van der Waals surface area (Å²) >= 11 is 1.19. The number of nitrogens with one attached hydrogen (secondary N) is 1. The predicted octanol–water partition coefficient (Wildman–Crippen LogP) is 3.78. The second-order valence-electron chi connectivity index (χ2n) is 4.28. The van der Waals surface area contributed by atoms with Gasteiger partial charge in [-0.25, -0.2) is 9.78 Å². The van der Waals surface area contributed by atoms with Crippen molar-refractivity contribution < 1.29 is 23.1 Å². The number of carboxylic acids is 1.